The molecule has 39 heavy (non-hydrogen) atoms. The Hall–Kier alpha value is -0.720. The molecule has 230 valence electrons. The molecule has 18 heteroatoms. The topological polar surface area (TPSA) is 276 Å². The maximum Gasteiger partial charge on any atom is 0.313 e. The van der Waals surface area contributed by atoms with Gasteiger partial charge >= 0.3 is 11.9 Å². The van der Waals surface area contributed by atoms with Crippen LogP contribution in [0, 0.1) is 0 Å². The van der Waals surface area contributed by atoms with Crippen LogP contribution in [-0.2, 0) is 37.9 Å². The number of ether oxygens (including phenoxy) is 8. The van der Waals surface area contributed by atoms with E-state index in [-0.39, 0.29) is 0 Å². The van der Waals surface area contributed by atoms with Gasteiger partial charge in [-0.25, -0.2) is 0 Å². The van der Waals surface area contributed by atoms with Crippen molar-refractivity contribution in [3.05, 3.63) is 0 Å². The van der Waals surface area contributed by atoms with E-state index in [2.05, 4.69) is 0 Å². The van der Waals surface area contributed by atoms with Crippen molar-refractivity contribution in [1.82, 2.24) is 0 Å². The van der Waals surface area contributed by atoms with Crippen LogP contribution >= 0.6 is 0 Å². The minimum Gasteiger partial charge on any atom is -0.394 e. The van der Waals surface area contributed by atoms with Crippen molar-refractivity contribution in [3.63, 3.8) is 0 Å². The van der Waals surface area contributed by atoms with Gasteiger partial charge in [0.05, 0.1) is 19.8 Å². The molecule has 0 aromatic heterocycles. The molecule has 15 atom stereocenters. The molecular weight excluding hydrogens is 540 g/mol. The zero-order chi connectivity index (χ0) is 29.3. The summed E-state index contributed by atoms with van der Waals surface area (Å²) >= 11 is 0. The zero-order valence-electron chi connectivity index (χ0n) is 21.4. The molecule has 10 N–H and O–H groups in total. The summed E-state index contributed by atoms with van der Waals surface area (Å²) in [7, 11) is 3.23. The maximum atomic E-state index is 10.6. The van der Waals surface area contributed by atoms with Gasteiger partial charge in [0.25, 0.3) is 0 Å². The number of methoxy groups -OCH3 is 3. The summed E-state index contributed by atoms with van der Waals surface area (Å²) in [4.78, 5) is 0. The van der Waals surface area contributed by atoms with Crippen LogP contribution in [0.15, 0.2) is 0 Å². The van der Waals surface area contributed by atoms with Crippen molar-refractivity contribution in [2.75, 3.05) is 41.2 Å². The molecule has 3 saturated heterocycles. The standard InChI is InChI=1S/C21H38O18/c1-32-19-16(29)13(26)11(24)8(37-19)5-35-21(34-3)18(31)15(28)12(25)9(39-21)6-36-20(33-2)17(30)14(27)10(23)7(4-22)38-20/h7-19,22-31H,4-6H2,1-3H3/t7-,8-,9-,10-,11-,12+,13+,14+,15+,16+,17-,18-,19+,20-,21-/m1/s1. The lowest BCUT2D eigenvalue weighted by molar-refractivity contribution is -0.482. The van der Waals surface area contributed by atoms with Gasteiger partial charge in [0.15, 0.2) is 18.5 Å². The van der Waals surface area contributed by atoms with E-state index in [0.717, 1.165) is 14.2 Å². The molecule has 0 aliphatic carbocycles. The molecule has 0 bridgehead atoms. The first-order valence-electron chi connectivity index (χ1n) is 12.0. The number of hydrogen-bond acceptors (Lipinski definition) is 18. The summed E-state index contributed by atoms with van der Waals surface area (Å²) < 4.78 is 42.5. The second kappa shape index (κ2) is 13.1. The lowest BCUT2D eigenvalue weighted by Gasteiger charge is -2.49. The molecule has 3 fully saturated rings. The third-order valence-electron chi connectivity index (χ3n) is 7.01. The van der Waals surface area contributed by atoms with E-state index in [1.54, 1.807) is 0 Å². The van der Waals surface area contributed by atoms with E-state index in [1.165, 1.54) is 7.11 Å². The first-order valence-corrected chi connectivity index (χ1v) is 12.0. The van der Waals surface area contributed by atoms with Crippen LogP contribution in [0.25, 0.3) is 0 Å². The molecule has 0 aromatic carbocycles. The fourth-order valence-electron chi connectivity index (χ4n) is 4.55. The average Bonchev–Trinajstić information content (AvgIpc) is 2.94. The molecular formula is C21H38O18. The number of aliphatic hydroxyl groups excluding tert-OH is 10. The lowest BCUT2D eigenvalue weighted by Crippen LogP contribution is -2.70. The Balaban J connectivity index is 1.76. The fourth-order valence-corrected chi connectivity index (χ4v) is 4.55. The van der Waals surface area contributed by atoms with E-state index in [0.29, 0.717) is 0 Å². The highest BCUT2D eigenvalue weighted by Crippen LogP contribution is 2.36. The minimum absolute atomic E-state index is 0.655. The molecule has 0 aromatic rings. The number of hydrogen-bond donors (Lipinski definition) is 10. The molecule has 3 aliphatic heterocycles. The molecule has 0 amide bonds. The van der Waals surface area contributed by atoms with Crippen LogP contribution in [0.1, 0.15) is 0 Å². The van der Waals surface area contributed by atoms with E-state index < -0.39 is 111 Å². The van der Waals surface area contributed by atoms with Crippen molar-refractivity contribution in [2.45, 2.75) is 91.5 Å². The van der Waals surface area contributed by atoms with E-state index in [4.69, 9.17) is 37.9 Å². The van der Waals surface area contributed by atoms with Gasteiger partial charge in [0, 0.05) is 21.3 Å². The molecule has 3 rings (SSSR count). The first kappa shape index (κ1) is 32.8. The Morgan fingerprint density at radius 2 is 1.00 bits per heavy atom. The predicted octanol–water partition coefficient (Wildman–Crippen LogP) is -6.97. The van der Waals surface area contributed by atoms with Crippen molar-refractivity contribution >= 4 is 0 Å². The smallest absolute Gasteiger partial charge is 0.313 e. The minimum atomic E-state index is -2.52. The molecule has 0 unspecified atom stereocenters. The fraction of sp³-hybridized carbons (Fsp3) is 1.00. The highest BCUT2D eigenvalue weighted by molar-refractivity contribution is 4.96. The summed E-state index contributed by atoms with van der Waals surface area (Å²) in [5.74, 6) is -4.99. The van der Waals surface area contributed by atoms with Gasteiger partial charge in [0.2, 0.25) is 0 Å². The van der Waals surface area contributed by atoms with Gasteiger partial charge in [-0.15, -0.1) is 0 Å². The average molecular weight is 579 g/mol. The highest BCUT2D eigenvalue weighted by atomic mass is 16.9. The molecule has 18 nitrogen and oxygen atoms in total. The zero-order valence-corrected chi connectivity index (χ0v) is 21.4. The maximum absolute atomic E-state index is 10.6. The Morgan fingerprint density at radius 3 is 1.46 bits per heavy atom. The van der Waals surface area contributed by atoms with Crippen molar-refractivity contribution in [2.24, 2.45) is 0 Å². The van der Waals surface area contributed by atoms with Crippen LogP contribution in [0.4, 0.5) is 0 Å². The largest absolute Gasteiger partial charge is 0.394 e. The summed E-state index contributed by atoms with van der Waals surface area (Å²) in [5, 5.41) is 102. The van der Waals surface area contributed by atoms with Gasteiger partial charge in [-0.05, 0) is 0 Å². The Bertz CT molecular complexity index is 773. The molecule has 3 aliphatic rings. The van der Waals surface area contributed by atoms with Gasteiger partial charge in [0.1, 0.15) is 61.0 Å². The SMILES string of the molecule is CO[C@H]1O[C@H](CO[C@@]2(OC)O[C@H](CO[C@@]3(OC)O[C@H](CO)[C@@H](O)[C@H](O)[C@H]3O)[C@H](O)[C@H](O)[C@H]2O)[C@@H](O)[C@H](O)[C@@H]1O. The van der Waals surface area contributed by atoms with E-state index in [1.807, 2.05) is 0 Å². The number of rotatable bonds is 10. The Kier molecular flexibility index (Phi) is 11.0. The summed E-state index contributed by atoms with van der Waals surface area (Å²) in [6.45, 7) is -2.22. The predicted molar refractivity (Wildman–Crippen MR) is 118 cm³/mol. The third-order valence-corrected chi connectivity index (χ3v) is 7.01. The first-order chi connectivity index (χ1) is 18.3. The monoisotopic (exact) mass is 578 g/mol. The molecule has 0 spiro atoms. The van der Waals surface area contributed by atoms with Gasteiger partial charge in [-0.2, -0.15) is 0 Å². The van der Waals surface area contributed by atoms with E-state index >= 15 is 0 Å². The van der Waals surface area contributed by atoms with Crippen LogP contribution in [-0.4, -0.2) is 184 Å². The normalized spacial score (nSPS) is 51.2. The van der Waals surface area contributed by atoms with Gasteiger partial charge < -0.3 is 89.0 Å². The molecule has 3 heterocycles. The van der Waals surface area contributed by atoms with E-state index in [9.17, 15) is 51.1 Å². The molecule has 0 radical (unpaired) electrons. The lowest BCUT2D eigenvalue weighted by atomic mass is 9.96. The van der Waals surface area contributed by atoms with Gasteiger partial charge in [-0.1, -0.05) is 0 Å². The second-order valence-electron chi connectivity index (χ2n) is 9.33. The number of aliphatic hydroxyl groups is 10. The van der Waals surface area contributed by atoms with Crippen LogP contribution < -0.4 is 0 Å². The summed E-state index contributed by atoms with van der Waals surface area (Å²) in [5.41, 5.74) is 0. The van der Waals surface area contributed by atoms with Crippen LogP contribution in [0.2, 0.25) is 0 Å². The molecule has 0 saturated carbocycles. The quantitative estimate of drug-likeness (QED) is 0.108. The second-order valence-corrected chi connectivity index (χ2v) is 9.33. The van der Waals surface area contributed by atoms with Crippen LogP contribution in [0.3, 0.4) is 0 Å². The Morgan fingerprint density at radius 1 is 0.564 bits per heavy atom. The van der Waals surface area contributed by atoms with Gasteiger partial charge in [-0.3, -0.25) is 0 Å². The van der Waals surface area contributed by atoms with Crippen molar-refractivity contribution < 1.29 is 89.0 Å². The van der Waals surface area contributed by atoms with Crippen molar-refractivity contribution in [1.29, 1.82) is 0 Å². The third kappa shape index (κ3) is 6.09. The van der Waals surface area contributed by atoms with Crippen molar-refractivity contribution in [3.8, 4) is 0 Å². The van der Waals surface area contributed by atoms with Crippen LogP contribution in [0.5, 0.6) is 0 Å². The highest BCUT2D eigenvalue weighted by Gasteiger charge is 2.59. The Labute approximate surface area is 222 Å². The summed E-state index contributed by atoms with van der Waals surface area (Å²) in [6, 6.07) is 0. The summed E-state index contributed by atoms with van der Waals surface area (Å²) in [6.07, 6.45) is -22.1.